The van der Waals surface area contributed by atoms with Gasteiger partial charge in [-0.3, -0.25) is 9.59 Å². The topological polar surface area (TPSA) is 66.8 Å². The number of ether oxygens (including phenoxy) is 1. The number of carbonyl (C=O) groups is 2. The first-order valence-electron chi connectivity index (χ1n) is 5.35. The Morgan fingerprint density at radius 3 is 2.68 bits per heavy atom. The number of halogens is 1. The van der Waals surface area contributed by atoms with Crippen molar-refractivity contribution in [3.63, 3.8) is 0 Å². The van der Waals surface area contributed by atoms with Crippen molar-refractivity contribution in [2.45, 2.75) is 0 Å². The zero-order chi connectivity index (χ0) is 14.3. The van der Waals surface area contributed by atoms with Gasteiger partial charge in [-0.05, 0) is 12.1 Å². The van der Waals surface area contributed by atoms with Gasteiger partial charge in [0.05, 0.1) is 6.54 Å². The number of amides is 1. The van der Waals surface area contributed by atoms with Crippen molar-refractivity contribution in [2.75, 3.05) is 19.7 Å². The summed E-state index contributed by atoms with van der Waals surface area (Å²) in [4.78, 5) is 23.2. The molecule has 100 valence electrons. The van der Waals surface area contributed by atoms with Gasteiger partial charge in [-0.2, -0.15) is 0 Å². The van der Waals surface area contributed by atoms with Crippen LogP contribution < -0.4 is 4.74 Å². The number of benzene rings is 1. The number of carboxylic acid groups (broad SMARTS) is 1. The van der Waals surface area contributed by atoms with Gasteiger partial charge in [-0.1, -0.05) is 18.1 Å². The molecular formula is C13H12FNO4. The van der Waals surface area contributed by atoms with Crippen molar-refractivity contribution in [3.8, 4) is 18.1 Å². The fourth-order valence-electron chi connectivity index (χ4n) is 1.30. The van der Waals surface area contributed by atoms with Gasteiger partial charge in [-0.15, -0.1) is 6.42 Å². The molecule has 1 rings (SSSR count). The quantitative estimate of drug-likeness (QED) is 0.771. The van der Waals surface area contributed by atoms with Crippen LogP contribution in [0.3, 0.4) is 0 Å². The Hall–Kier alpha value is -2.55. The van der Waals surface area contributed by atoms with Crippen molar-refractivity contribution in [1.29, 1.82) is 0 Å². The number of carboxylic acids is 1. The number of carbonyl (C=O) groups excluding carboxylic acids is 1. The van der Waals surface area contributed by atoms with Crippen LogP contribution in [0.25, 0.3) is 0 Å². The van der Waals surface area contributed by atoms with Gasteiger partial charge in [0.2, 0.25) is 0 Å². The second kappa shape index (κ2) is 7.01. The van der Waals surface area contributed by atoms with Crippen molar-refractivity contribution < 1.29 is 23.8 Å². The summed E-state index contributed by atoms with van der Waals surface area (Å²) in [5, 5.41) is 8.63. The lowest BCUT2D eigenvalue weighted by Gasteiger charge is -2.18. The van der Waals surface area contributed by atoms with Crippen LogP contribution in [0.5, 0.6) is 5.75 Å². The van der Waals surface area contributed by atoms with Crippen LogP contribution in [0.15, 0.2) is 24.3 Å². The van der Waals surface area contributed by atoms with Crippen LogP contribution in [-0.2, 0) is 9.59 Å². The second-order valence-electron chi connectivity index (χ2n) is 3.57. The van der Waals surface area contributed by atoms with E-state index < -0.39 is 30.8 Å². The molecule has 0 bridgehead atoms. The third-order valence-electron chi connectivity index (χ3n) is 2.15. The van der Waals surface area contributed by atoms with Gasteiger partial charge in [-0.25, -0.2) is 4.39 Å². The highest BCUT2D eigenvalue weighted by Gasteiger charge is 2.16. The van der Waals surface area contributed by atoms with E-state index in [4.69, 9.17) is 16.3 Å². The molecular weight excluding hydrogens is 253 g/mol. The van der Waals surface area contributed by atoms with E-state index in [0.29, 0.717) is 0 Å². The number of hydrogen-bond acceptors (Lipinski definition) is 3. The monoisotopic (exact) mass is 265 g/mol. The fourth-order valence-corrected chi connectivity index (χ4v) is 1.30. The predicted molar refractivity (Wildman–Crippen MR) is 64.9 cm³/mol. The largest absolute Gasteiger partial charge is 0.481 e. The standard InChI is InChI=1S/C13H12FNO4/c1-2-7-15(8-13(17)18)12(16)9-19-11-6-4-3-5-10(11)14/h1,3-6H,7-9H2,(H,17,18). The fraction of sp³-hybridized carbons (Fsp3) is 0.231. The Bertz CT molecular complexity index is 510. The van der Waals surface area contributed by atoms with Crippen LogP contribution in [0, 0.1) is 18.2 Å². The van der Waals surface area contributed by atoms with E-state index in [1.807, 2.05) is 0 Å². The highest BCUT2D eigenvalue weighted by molar-refractivity contribution is 5.82. The van der Waals surface area contributed by atoms with Crippen LogP contribution in [0.2, 0.25) is 0 Å². The zero-order valence-electron chi connectivity index (χ0n) is 10.0. The summed E-state index contributed by atoms with van der Waals surface area (Å²) in [6.07, 6.45) is 5.04. The molecule has 1 aromatic carbocycles. The summed E-state index contributed by atoms with van der Waals surface area (Å²) >= 11 is 0. The normalized spacial score (nSPS) is 9.47. The molecule has 1 amide bonds. The van der Waals surface area contributed by atoms with Crippen molar-refractivity contribution >= 4 is 11.9 Å². The van der Waals surface area contributed by atoms with E-state index in [1.165, 1.54) is 18.2 Å². The Labute approximate surface area is 109 Å². The molecule has 0 heterocycles. The molecule has 0 saturated heterocycles. The molecule has 0 aliphatic carbocycles. The van der Waals surface area contributed by atoms with E-state index in [-0.39, 0.29) is 12.3 Å². The average molecular weight is 265 g/mol. The first-order valence-corrected chi connectivity index (χ1v) is 5.35. The number of aliphatic carboxylic acids is 1. The molecule has 1 N–H and O–H groups in total. The van der Waals surface area contributed by atoms with Gasteiger partial charge in [0.15, 0.2) is 18.2 Å². The van der Waals surface area contributed by atoms with Crippen LogP contribution in [0.1, 0.15) is 0 Å². The van der Waals surface area contributed by atoms with Crippen molar-refractivity contribution in [1.82, 2.24) is 4.90 Å². The van der Waals surface area contributed by atoms with Gasteiger partial charge in [0.1, 0.15) is 6.54 Å². The lowest BCUT2D eigenvalue weighted by molar-refractivity contribution is -0.144. The van der Waals surface area contributed by atoms with Crippen molar-refractivity contribution in [3.05, 3.63) is 30.1 Å². The van der Waals surface area contributed by atoms with Crippen LogP contribution >= 0.6 is 0 Å². The molecule has 1 aromatic rings. The molecule has 0 atom stereocenters. The minimum Gasteiger partial charge on any atom is -0.481 e. The number of para-hydroxylation sites is 1. The molecule has 0 radical (unpaired) electrons. The average Bonchev–Trinajstić information content (AvgIpc) is 2.36. The molecule has 0 fully saturated rings. The second-order valence-corrected chi connectivity index (χ2v) is 3.57. The molecule has 6 heteroatoms. The molecule has 0 aliphatic heterocycles. The summed E-state index contributed by atoms with van der Waals surface area (Å²) in [7, 11) is 0. The highest BCUT2D eigenvalue weighted by Crippen LogP contribution is 2.15. The Kier molecular flexibility index (Phi) is 5.35. The summed E-state index contributed by atoms with van der Waals surface area (Å²) in [5.74, 6) is -0.309. The van der Waals surface area contributed by atoms with E-state index in [0.717, 1.165) is 4.90 Å². The zero-order valence-corrected chi connectivity index (χ0v) is 10.0. The molecule has 0 spiro atoms. The Morgan fingerprint density at radius 1 is 1.42 bits per heavy atom. The maximum absolute atomic E-state index is 13.2. The molecule has 0 aromatic heterocycles. The summed E-state index contributed by atoms with van der Waals surface area (Å²) < 4.78 is 18.2. The van der Waals surface area contributed by atoms with Gasteiger partial charge in [0, 0.05) is 0 Å². The number of rotatable bonds is 6. The minimum absolute atomic E-state index is 0.0770. The first-order chi connectivity index (χ1) is 9.04. The first kappa shape index (κ1) is 14.5. The number of terminal acetylenes is 1. The van der Waals surface area contributed by atoms with Gasteiger partial charge in [0.25, 0.3) is 5.91 Å². The third-order valence-corrected chi connectivity index (χ3v) is 2.15. The minimum atomic E-state index is -1.19. The molecule has 0 unspecified atom stereocenters. The van der Waals surface area contributed by atoms with Crippen LogP contribution in [0.4, 0.5) is 4.39 Å². The number of nitrogens with zero attached hydrogens (tertiary/aromatic N) is 1. The molecule has 0 aliphatic rings. The number of hydrogen-bond donors (Lipinski definition) is 1. The summed E-state index contributed by atoms with van der Waals surface area (Å²) in [6, 6.07) is 5.60. The summed E-state index contributed by atoms with van der Waals surface area (Å²) in [6.45, 7) is -1.15. The van der Waals surface area contributed by atoms with E-state index in [1.54, 1.807) is 6.07 Å². The summed E-state index contributed by atoms with van der Waals surface area (Å²) in [5.41, 5.74) is 0. The maximum atomic E-state index is 13.2. The molecule has 0 saturated carbocycles. The Morgan fingerprint density at radius 2 is 2.11 bits per heavy atom. The van der Waals surface area contributed by atoms with Crippen molar-refractivity contribution in [2.24, 2.45) is 0 Å². The SMILES string of the molecule is C#CCN(CC(=O)O)C(=O)COc1ccccc1F. The van der Waals surface area contributed by atoms with E-state index >= 15 is 0 Å². The Balaban J connectivity index is 2.60. The molecule has 19 heavy (non-hydrogen) atoms. The molecule has 5 nitrogen and oxygen atoms in total. The van der Waals surface area contributed by atoms with E-state index in [9.17, 15) is 14.0 Å². The van der Waals surface area contributed by atoms with Crippen LogP contribution in [-0.4, -0.2) is 41.6 Å². The third kappa shape index (κ3) is 4.68. The lowest BCUT2D eigenvalue weighted by Crippen LogP contribution is -2.39. The van der Waals surface area contributed by atoms with E-state index in [2.05, 4.69) is 5.92 Å². The highest BCUT2D eigenvalue weighted by atomic mass is 19.1. The van der Waals surface area contributed by atoms with Gasteiger partial charge >= 0.3 is 5.97 Å². The lowest BCUT2D eigenvalue weighted by atomic mass is 10.3. The predicted octanol–water partition coefficient (Wildman–Crippen LogP) is 0.751. The maximum Gasteiger partial charge on any atom is 0.323 e. The smallest absolute Gasteiger partial charge is 0.323 e. The van der Waals surface area contributed by atoms with Gasteiger partial charge < -0.3 is 14.7 Å².